The number of fused-ring (bicyclic) bond motifs is 1. The summed E-state index contributed by atoms with van der Waals surface area (Å²) in [5.41, 5.74) is 1.36. The summed E-state index contributed by atoms with van der Waals surface area (Å²) in [5.74, 6) is 1.38. The highest BCUT2D eigenvalue weighted by Gasteiger charge is 2.31. The van der Waals surface area contributed by atoms with Crippen molar-refractivity contribution in [1.29, 1.82) is 0 Å². The molecular weight excluding hydrogens is 431 g/mol. The largest absolute Gasteiger partial charge is 0.497 e. The van der Waals surface area contributed by atoms with Gasteiger partial charge >= 0.3 is 0 Å². The molecule has 0 aromatic heterocycles. The summed E-state index contributed by atoms with van der Waals surface area (Å²) in [7, 11) is 3.09. The number of hydrogen-bond donors (Lipinski definition) is 1. The van der Waals surface area contributed by atoms with E-state index in [1.807, 2.05) is 6.07 Å². The molecule has 0 saturated carbocycles. The van der Waals surface area contributed by atoms with Gasteiger partial charge in [-0.2, -0.15) is 0 Å². The predicted molar refractivity (Wildman–Crippen MR) is 121 cm³/mol. The number of amides is 2. The zero-order chi connectivity index (χ0) is 22.7. The first-order valence-corrected chi connectivity index (χ1v) is 11.7. The molecule has 2 aliphatic rings. The van der Waals surface area contributed by atoms with Crippen molar-refractivity contribution in [2.45, 2.75) is 30.2 Å². The Labute approximate surface area is 191 Å². The minimum atomic E-state index is -0.229. The lowest BCUT2D eigenvalue weighted by atomic mass is 9.94. The highest BCUT2D eigenvalue weighted by molar-refractivity contribution is 7.99. The summed E-state index contributed by atoms with van der Waals surface area (Å²) in [6.45, 7) is 1.00. The second kappa shape index (κ2) is 9.81. The van der Waals surface area contributed by atoms with Crippen LogP contribution in [0, 0.1) is 11.7 Å². The maximum Gasteiger partial charge on any atom is 0.254 e. The minimum absolute atomic E-state index is 0.0211. The molecule has 4 rings (SSSR count). The molecule has 0 aliphatic carbocycles. The molecule has 2 aliphatic heterocycles. The van der Waals surface area contributed by atoms with E-state index in [-0.39, 0.29) is 29.6 Å². The molecule has 1 atom stereocenters. The predicted octanol–water partition coefficient (Wildman–Crippen LogP) is 4.05. The Balaban J connectivity index is 1.37. The van der Waals surface area contributed by atoms with Crippen molar-refractivity contribution in [3.8, 4) is 11.5 Å². The third kappa shape index (κ3) is 4.70. The lowest BCUT2D eigenvalue weighted by Crippen LogP contribution is -2.44. The van der Waals surface area contributed by atoms with E-state index in [0.717, 1.165) is 17.7 Å². The fourth-order valence-corrected chi connectivity index (χ4v) is 5.42. The van der Waals surface area contributed by atoms with Crippen LogP contribution in [0.5, 0.6) is 11.5 Å². The van der Waals surface area contributed by atoms with E-state index in [4.69, 9.17) is 9.47 Å². The second-order valence-electron chi connectivity index (χ2n) is 8.02. The Morgan fingerprint density at radius 1 is 1.06 bits per heavy atom. The van der Waals surface area contributed by atoms with E-state index >= 15 is 0 Å². The van der Waals surface area contributed by atoms with Gasteiger partial charge in [0.2, 0.25) is 5.91 Å². The quantitative estimate of drug-likeness (QED) is 0.732. The van der Waals surface area contributed by atoms with Crippen molar-refractivity contribution in [2.75, 3.05) is 33.1 Å². The Bertz CT molecular complexity index is 985. The van der Waals surface area contributed by atoms with Gasteiger partial charge < -0.3 is 19.7 Å². The van der Waals surface area contributed by atoms with Crippen LogP contribution >= 0.6 is 11.8 Å². The number of carbonyl (C=O) groups is 2. The first-order chi connectivity index (χ1) is 15.5. The first-order valence-electron chi connectivity index (χ1n) is 10.7. The van der Waals surface area contributed by atoms with Crippen LogP contribution < -0.4 is 14.8 Å². The van der Waals surface area contributed by atoms with Gasteiger partial charge in [0, 0.05) is 41.3 Å². The second-order valence-corrected chi connectivity index (χ2v) is 9.13. The van der Waals surface area contributed by atoms with Gasteiger partial charge in [-0.3, -0.25) is 9.59 Å². The molecular formula is C24H27FN2O4S. The number of nitrogens with zero attached hydrogens (tertiary/aromatic N) is 1. The van der Waals surface area contributed by atoms with Crippen LogP contribution in [-0.2, 0) is 4.79 Å². The van der Waals surface area contributed by atoms with Crippen LogP contribution in [0.25, 0.3) is 0 Å². The van der Waals surface area contributed by atoms with Crippen molar-refractivity contribution in [3.05, 3.63) is 53.3 Å². The molecule has 1 N–H and O–H groups in total. The molecule has 2 amide bonds. The fourth-order valence-electron chi connectivity index (χ4n) is 4.28. The van der Waals surface area contributed by atoms with Crippen LogP contribution in [0.2, 0.25) is 0 Å². The van der Waals surface area contributed by atoms with Crippen LogP contribution in [-0.4, -0.2) is 49.8 Å². The third-order valence-corrected chi connectivity index (χ3v) is 7.25. The number of carbonyl (C=O) groups excluding carboxylic acids is 2. The Morgan fingerprint density at radius 2 is 1.75 bits per heavy atom. The molecule has 1 fully saturated rings. The minimum Gasteiger partial charge on any atom is -0.497 e. The molecule has 6 nitrogen and oxygen atoms in total. The number of rotatable bonds is 5. The number of piperidine rings is 1. The summed E-state index contributed by atoms with van der Waals surface area (Å²) in [6.07, 6.45) is 1.97. The van der Waals surface area contributed by atoms with Crippen molar-refractivity contribution in [3.63, 3.8) is 0 Å². The van der Waals surface area contributed by atoms with Gasteiger partial charge in [-0.15, -0.1) is 11.8 Å². The highest BCUT2D eigenvalue weighted by atomic mass is 32.2. The molecule has 0 spiro atoms. The fraction of sp³-hybridized carbons (Fsp3) is 0.417. The topological polar surface area (TPSA) is 67.9 Å². The number of hydrogen-bond acceptors (Lipinski definition) is 5. The van der Waals surface area contributed by atoms with E-state index < -0.39 is 0 Å². The monoisotopic (exact) mass is 458 g/mol. The molecule has 2 aromatic carbocycles. The van der Waals surface area contributed by atoms with Gasteiger partial charge in [-0.25, -0.2) is 4.39 Å². The molecule has 1 unspecified atom stereocenters. The number of methoxy groups -OCH3 is 2. The van der Waals surface area contributed by atoms with E-state index in [2.05, 4.69) is 5.32 Å². The van der Waals surface area contributed by atoms with E-state index in [0.29, 0.717) is 47.9 Å². The number of benzene rings is 2. The van der Waals surface area contributed by atoms with Gasteiger partial charge in [0.15, 0.2) is 0 Å². The Morgan fingerprint density at radius 3 is 2.41 bits per heavy atom. The van der Waals surface area contributed by atoms with Gasteiger partial charge in [0.05, 0.1) is 20.3 Å². The molecule has 2 heterocycles. The zero-order valence-corrected chi connectivity index (χ0v) is 19.0. The zero-order valence-electron chi connectivity index (χ0n) is 18.2. The van der Waals surface area contributed by atoms with Crippen LogP contribution in [0.1, 0.15) is 41.2 Å². The summed E-state index contributed by atoms with van der Waals surface area (Å²) in [4.78, 5) is 28.3. The van der Waals surface area contributed by atoms with Gasteiger partial charge in [-0.1, -0.05) is 12.1 Å². The van der Waals surface area contributed by atoms with E-state index in [1.165, 1.54) is 17.8 Å². The summed E-state index contributed by atoms with van der Waals surface area (Å²) >= 11 is 1.50. The van der Waals surface area contributed by atoms with Crippen molar-refractivity contribution in [1.82, 2.24) is 10.2 Å². The first kappa shape index (κ1) is 22.5. The maximum absolute atomic E-state index is 14.1. The Hall–Kier alpha value is -2.74. The van der Waals surface area contributed by atoms with Gasteiger partial charge in [-0.05, 0) is 43.0 Å². The maximum atomic E-state index is 14.1. The summed E-state index contributed by atoms with van der Waals surface area (Å²) in [6, 6.07) is 9.99. The molecule has 2 aromatic rings. The molecule has 1 saturated heterocycles. The number of ether oxygens (including phenoxy) is 2. The lowest BCUT2D eigenvalue weighted by Gasteiger charge is -2.33. The lowest BCUT2D eigenvalue weighted by molar-refractivity contribution is -0.127. The SMILES string of the molecule is COc1cc(OC)cc(C(=O)N2CCC(C(=O)NC3CCSc4c(F)cccc43)CC2)c1. The molecule has 32 heavy (non-hydrogen) atoms. The Kier molecular flexibility index (Phi) is 6.89. The summed E-state index contributed by atoms with van der Waals surface area (Å²) < 4.78 is 24.6. The van der Waals surface area contributed by atoms with E-state index in [1.54, 1.807) is 43.4 Å². The molecule has 0 bridgehead atoms. The highest BCUT2D eigenvalue weighted by Crippen LogP contribution is 2.38. The number of halogens is 1. The van der Waals surface area contributed by atoms with Crippen LogP contribution in [0.3, 0.4) is 0 Å². The van der Waals surface area contributed by atoms with Crippen molar-refractivity contribution >= 4 is 23.6 Å². The number of thioether (sulfide) groups is 1. The molecule has 170 valence electrons. The standard InChI is InChI=1S/C24H27FN2O4S/c1-30-17-12-16(13-18(14-17)31-2)24(29)27-9-6-15(7-10-27)23(28)26-21-8-11-32-22-19(21)4-3-5-20(22)25/h3-5,12-15,21H,6-11H2,1-2H3,(H,26,28). The van der Waals surface area contributed by atoms with Gasteiger partial charge in [0.25, 0.3) is 5.91 Å². The normalized spacial score (nSPS) is 18.6. The van der Waals surface area contributed by atoms with Gasteiger partial charge in [0.1, 0.15) is 17.3 Å². The number of likely N-dealkylation sites (tertiary alicyclic amines) is 1. The van der Waals surface area contributed by atoms with Crippen LogP contribution in [0.15, 0.2) is 41.3 Å². The van der Waals surface area contributed by atoms with Crippen LogP contribution in [0.4, 0.5) is 4.39 Å². The molecule has 8 heteroatoms. The number of nitrogens with one attached hydrogen (secondary N) is 1. The van der Waals surface area contributed by atoms with Crippen molar-refractivity contribution in [2.24, 2.45) is 5.92 Å². The molecule has 0 radical (unpaired) electrons. The average molecular weight is 459 g/mol. The van der Waals surface area contributed by atoms with Crippen molar-refractivity contribution < 1.29 is 23.5 Å². The third-order valence-electron chi connectivity index (χ3n) is 6.09. The summed E-state index contributed by atoms with van der Waals surface area (Å²) in [5, 5.41) is 3.12. The van der Waals surface area contributed by atoms with E-state index in [9.17, 15) is 14.0 Å². The average Bonchev–Trinajstić information content (AvgIpc) is 2.84. The smallest absolute Gasteiger partial charge is 0.254 e.